The lowest BCUT2D eigenvalue weighted by molar-refractivity contribution is -0.106. The largest absolute Gasteiger partial charge is 0.352 e. The highest BCUT2D eigenvalue weighted by atomic mass is 79.9. The van der Waals surface area contributed by atoms with E-state index in [1.54, 1.807) is 6.07 Å². The SMILES string of the molecule is COC(OC)c1ccc(F)cc1Br. The smallest absolute Gasteiger partial charge is 0.184 e. The van der Waals surface area contributed by atoms with E-state index < -0.39 is 6.29 Å². The first-order valence-corrected chi connectivity index (χ1v) is 4.49. The van der Waals surface area contributed by atoms with Gasteiger partial charge in [0.25, 0.3) is 0 Å². The van der Waals surface area contributed by atoms with Crippen LogP contribution in [0.4, 0.5) is 4.39 Å². The molecule has 0 unspecified atom stereocenters. The van der Waals surface area contributed by atoms with Crippen molar-refractivity contribution in [3.63, 3.8) is 0 Å². The number of benzene rings is 1. The Labute approximate surface area is 84.8 Å². The van der Waals surface area contributed by atoms with Crippen LogP contribution in [0.5, 0.6) is 0 Å². The van der Waals surface area contributed by atoms with E-state index in [0.29, 0.717) is 4.47 Å². The van der Waals surface area contributed by atoms with E-state index >= 15 is 0 Å². The molecule has 0 saturated carbocycles. The first-order valence-electron chi connectivity index (χ1n) is 3.69. The summed E-state index contributed by atoms with van der Waals surface area (Å²) in [7, 11) is 3.06. The summed E-state index contributed by atoms with van der Waals surface area (Å²) in [5.74, 6) is -0.290. The topological polar surface area (TPSA) is 18.5 Å². The van der Waals surface area contributed by atoms with Crippen molar-refractivity contribution < 1.29 is 13.9 Å². The van der Waals surface area contributed by atoms with Crippen LogP contribution in [0.1, 0.15) is 11.9 Å². The Balaban J connectivity index is 2.99. The second kappa shape index (κ2) is 4.69. The Morgan fingerprint density at radius 1 is 1.31 bits per heavy atom. The third kappa shape index (κ3) is 2.49. The highest BCUT2D eigenvalue weighted by molar-refractivity contribution is 9.10. The van der Waals surface area contributed by atoms with Gasteiger partial charge in [0.05, 0.1) is 0 Å². The van der Waals surface area contributed by atoms with Crippen LogP contribution in [-0.4, -0.2) is 14.2 Å². The summed E-state index contributed by atoms with van der Waals surface area (Å²) >= 11 is 3.23. The van der Waals surface area contributed by atoms with Gasteiger partial charge >= 0.3 is 0 Å². The molecule has 0 radical (unpaired) electrons. The zero-order valence-corrected chi connectivity index (χ0v) is 8.97. The van der Waals surface area contributed by atoms with Crippen molar-refractivity contribution in [3.05, 3.63) is 34.1 Å². The first kappa shape index (κ1) is 10.6. The average Bonchev–Trinajstić information content (AvgIpc) is 2.10. The van der Waals surface area contributed by atoms with E-state index in [2.05, 4.69) is 15.9 Å². The van der Waals surface area contributed by atoms with Gasteiger partial charge in [-0.3, -0.25) is 0 Å². The van der Waals surface area contributed by atoms with E-state index in [0.717, 1.165) is 5.56 Å². The molecule has 0 aromatic heterocycles. The summed E-state index contributed by atoms with van der Waals surface area (Å²) in [6.45, 7) is 0. The third-order valence-corrected chi connectivity index (χ3v) is 2.33. The zero-order chi connectivity index (χ0) is 9.84. The van der Waals surface area contributed by atoms with E-state index in [-0.39, 0.29) is 5.82 Å². The second-order valence-electron chi connectivity index (χ2n) is 2.47. The molecule has 0 atom stereocenters. The molecule has 13 heavy (non-hydrogen) atoms. The van der Waals surface area contributed by atoms with E-state index in [9.17, 15) is 4.39 Å². The molecule has 0 saturated heterocycles. The van der Waals surface area contributed by atoms with Crippen molar-refractivity contribution in [2.45, 2.75) is 6.29 Å². The monoisotopic (exact) mass is 248 g/mol. The Bertz CT molecular complexity index is 287. The van der Waals surface area contributed by atoms with Crippen LogP contribution in [0.3, 0.4) is 0 Å². The molecule has 1 rings (SSSR count). The first-order chi connectivity index (χ1) is 6.19. The molecule has 0 amide bonds. The molecule has 4 heteroatoms. The van der Waals surface area contributed by atoms with E-state index in [1.807, 2.05) is 0 Å². The number of hydrogen-bond donors (Lipinski definition) is 0. The molecule has 2 nitrogen and oxygen atoms in total. The van der Waals surface area contributed by atoms with Crippen molar-refractivity contribution >= 4 is 15.9 Å². The summed E-state index contributed by atoms with van der Waals surface area (Å²) in [6, 6.07) is 4.36. The fourth-order valence-electron chi connectivity index (χ4n) is 1.04. The number of rotatable bonds is 3. The van der Waals surface area contributed by atoms with Gasteiger partial charge in [0.2, 0.25) is 0 Å². The molecular formula is C9H10BrFO2. The van der Waals surface area contributed by atoms with Crippen LogP contribution in [0.15, 0.2) is 22.7 Å². The summed E-state index contributed by atoms with van der Waals surface area (Å²) < 4.78 is 23.4. The van der Waals surface area contributed by atoms with Gasteiger partial charge in [-0.1, -0.05) is 15.9 Å². The minimum atomic E-state index is -0.463. The molecule has 0 N–H and O–H groups in total. The predicted molar refractivity (Wildman–Crippen MR) is 50.9 cm³/mol. The van der Waals surface area contributed by atoms with Crippen LogP contribution in [0.2, 0.25) is 0 Å². The maximum absolute atomic E-state index is 12.7. The Hall–Kier alpha value is -0.450. The van der Waals surface area contributed by atoms with E-state index in [4.69, 9.17) is 9.47 Å². The minimum Gasteiger partial charge on any atom is -0.352 e. The van der Waals surface area contributed by atoms with Gasteiger partial charge in [0.1, 0.15) is 5.82 Å². The summed E-state index contributed by atoms with van der Waals surface area (Å²) in [4.78, 5) is 0. The molecule has 1 aromatic rings. The predicted octanol–water partition coefficient (Wildman–Crippen LogP) is 2.88. The lowest BCUT2D eigenvalue weighted by atomic mass is 10.2. The van der Waals surface area contributed by atoms with E-state index in [1.165, 1.54) is 26.4 Å². The Morgan fingerprint density at radius 2 is 1.92 bits per heavy atom. The lowest BCUT2D eigenvalue weighted by Gasteiger charge is -2.14. The molecule has 0 aliphatic heterocycles. The summed E-state index contributed by atoms with van der Waals surface area (Å²) in [5.41, 5.74) is 0.770. The highest BCUT2D eigenvalue weighted by Gasteiger charge is 2.12. The van der Waals surface area contributed by atoms with Crippen LogP contribution in [0, 0.1) is 5.82 Å². The third-order valence-electron chi connectivity index (χ3n) is 1.64. The van der Waals surface area contributed by atoms with Crippen LogP contribution in [-0.2, 0) is 9.47 Å². The number of methoxy groups -OCH3 is 2. The quantitative estimate of drug-likeness (QED) is 0.767. The Morgan fingerprint density at radius 3 is 2.38 bits per heavy atom. The summed E-state index contributed by atoms with van der Waals surface area (Å²) in [6.07, 6.45) is -0.463. The van der Waals surface area contributed by atoms with Crippen molar-refractivity contribution in [3.8, 4) is 0 Å². The molecule has 0 aliphatic rings. The number of ether oxygens (including phenoxy) is 2. The van der Waals surface area contributed by atoms with Gasteiger partial charge in [-0.25, -0.2) is 4.39 Å². The fraction of sp³-hybridized carbons (Fsp3) is 0.333. The summed E-state index contributed by atoms with van der Waals surface area (Å²) in [5, 5.41) is 0. The standard InChI is InChI=1S/C9H10BrFO2/c1-12-9(13-2)7-4-3-6(11)5-8(7)10/h3-5,9H,1-2H3. The molecule has 0 fully saturated rings. The second-order valence-corrected chi connectivity index (χ2v) is 3.32. The molecule has 72 valence electrons. The zero-order valence-electron chi connectivity index (χ0n) is 7.38. The fourth-order valence-corrected chi connectivity index (χ4v) is 1.58. The molecule has 1 aromatic carbocycles. The normalized spacial score (nSPS) is 10.8. The van der Waals surface area contributed by atoms with Gasteiger partial charge in [0, 0.05) is 24.3 Å². The van der Waals surface area contributed by atoms with Crippen LogP contribution >= 0.6 is 15.9 Å². The van der Waals surface area contributed by atoms with Gasteiger partial charge < -0.3 is 9.47 Å². The van der Waals surface area contributed by atoms with Crippen molar-refractivity contribution in [2.75, 3.05) is 14.2 Å². The maximum Gasteiger partial charge on any atom is 0.184 e. The van der Waals surface area contributed by atoms with Crippen LogP contribution in [0.25, 0.3) is 0 Å². The van der Waals surface area contributed by atoms with Crippen molar-refractivity contribution in [2.24, 2.45) is 0 Å². The van der Waals surface area contributed by atoms with Gasteiger partial charge in [-0.05, 0) is 18.2 Å². The van der Waals surface area contributed by atoms with Gasteiger partial charge in [0.15, 0.2) is 6.29 Å². The average molecular weight is 249 g/mol. The molecule has 0 heterocycles. The van der Waals surface area contributed by atoms with Gasteiger partial charge in [-0.15, -0.1) is 0 Å². The Kier molecular flexibility index (Phi) is 3.84. The van der Waals surface area contributed by atoms with Crippen molar-refractivity contribution in [1.29, 1.82) is 0 Å². The number of hydrogen-bond acceptors (Lipinski definition) is 2. The molecule has 0 aliphatic carbocycles. The molecule has 0 spiro atoms. The van der Waals surface area contributed by atoms with Gasteiger partial charge in [-0.2, -0.15) is 0 Å². The molecular weight excluding hydrogens is 239 g/mol. The van der Waals surface area contributed by atoms with Crippen LogP contribution < -0.4 is 0 Å². The lowest BCUT2D eigenvalue weighted by Crippen LogP contribution is -2.04. The van der Waals surface area contributed by atoms with Crippen molar-refractivity contribution in [1.82, 2.24) is 0 Å². The highest BCUT2D eigenvalue weighted by Crippen LogP contribution is 2.26. The number of halogens is 2. The minimum absolute atomic E-state index is 0.290. The molecule has 0 bridgehead atoms. The maximum atomic E-state index is 12.7.